The van der Waals surface area contributed by atoms with Gasteiger partial charge in [-0.2, -0.15) is 0 Å². The molecule has 0 heterocycles. The van der Waals surface area contributed by atoms with Crippen molar-refractivity contribution in [3.05, 3.63) is 64.7 Å². The Bertz CT molecular complexity index is 523. The zero-order chi connectivity index (χ0) is 13.7. The monoisotopic (exact) mass is 276 g/mol. The summed E-state index contributed by atoms with van der Waals surface area (Å²) in [6, 6.07) is 15.2. The van der Waals surface area contributed by atoms with Crippen LogP contribution >= 0.6 is 11.6 Å². The largest absolute Gasteiger partial charge is 0.497 e. The van der Waals surface area contributed by atoms with Gasteiger partial charge in [-0.15, -0.1) is 0 Å². The van der Waals surface area contributed by atoms with Gasteiger partial charge in [0.2, 0.25) is 0 Å². The number of benzene rings is 2. The molecule has 0 fully saturated rings. The van der Waals surface area contributed by atoms with Crippen LogP contribution in [0.2, 0.25) is 5.02 Å². The predicted octanol–water partition coefficient (Wildman–Crippen LogP) is 4.01. The Kier molecular flexibility index (Phi) is 4.83. The van der Waals surface area contributed by atoms with Crippen LogP contribution in [-0.2, 0) is 6.42 Å². The van der Waals surface area contributed by atoms with Crippen molar-refractivity contribution in [1.29, 1.82) is 0 Å². The highest BCUT2D eigenvalue weighted by Gasteiger charge is 2.08. The van der Waals surface area contributed by atoms with Gasteiger partial charge in [0.15, 0.2) is 0 Å². The predicted molar refractivity (Wildman–Crippen MR) is 77.7 cm³/mol. The Balaban J connectivity index is 1.95. The van der Waals surface area contributed by atoms with Crippen LogP contribution in [0.5, 0.6) is 5.75 Å². The van der Waals surface area contributed by atoms with E-state index in [4.69, 9.17) is 16.3 Å². The number of methoxy groups -OCH3 is 1. The summed E-state index contributed by atoms with van der Waals surface area (Å²) < 4.78 is 5.10. The van der Waals surface area contributed by atoms with Gasteiger partial charge in [0, 0.05) is 5.02 Å². The molecule has 1 unspecified atom stereocenters. The van der Waals surface area contributed by atoms with Crippen LogP contribution in [0.15, 0.2) is 48.5 Å². The number of hydrogen-bond donors (Lipinski definition) is 1. The first-order chi connectivity index (χ1) is 9.19. The van der Waals surface area contributed by atoms with Crippen molar-refractivity contribution in [3.63, 3.8) is 0 Å². The summed E-state index contributed by atoms with van der Waals surface area (Å²) in [4.78, 5) is 0. The molecule has 0 aliphatic carbocycles. The van der Waals surface area contributed by atoms with E-state index in [-0.39, 0.29) is 0 Å². The number of rotatable bonds is 5. The summed E-state index contributed by atoms with van der Waals surface area (Å²) in [5.74, 6) is 0.797. The van der Waals surface area contributed by atoms with E-state index in [2.05, 4.69) is 0 Å². The van der Waals surface area contributed by atoms with Gasteiger partial charge >= 0.3 is 0 Å². The van der Waals surface area contributed by atoms with Gasteiger partial charge in [0.05, 0.1) is 13.2 Å². The van der Waals surface area contributed by atoms with E-state index >= 15 is 0 Å². The normalized spacial score (nSPS) is 12.2. The maximum Gasteiger partial charge on any atom is 0.118 e. The molecule has 19 heavy (non-hydrogen) atoms. The molecule has 2 aromatic carbocycles. The van der Waals surface area contributed by atoms with Crippen molar-refractivity contribution >= 4 is 11.6 Å². The van der Waals surface area contributed by atoms with Crippen LogP contribution in [0.3, 0.4) is 0 Å². The molecule has 0 aliphatic rings. The first-order valence-corrected chi connectivity index (χ1v) is 6.63. The van der Waals surface area contributed by atoms with E-state index in [9.17, 15) is 5.11 Å². The molecule has 0 amide bonds. The van der Waals surface area contributed by atoms with Crippen LogP contribution in [-0.4, -0.2) is 12.2 Å². The number of hydrogen-bond acceptors (Lipinski definition) is 2. The average molecular weight is 277 g/mol. The van der Waals surface area contributed by atoms with Crippen LogP contribution in [0.25, 0.3) is 0 Å². The molecule has 1 N–H and O–H groups in total. The topological polar surface area (TPSA) is 29.5 Å². The first-order valence-electron chi connectivity index (χ1n) is 6.25. The van der Waals surface area contributed by atoms with E-state index < -0.39 is 6.10 Å². The van der Waals surface area contributed by atoms with E-state index in [1.165, 1.54) is 0 Å². The quantitative estimate of drug-likeness (QED) is 0.894. The SMILES string of the molecule is COc1ccc(C(O)CCc2cccc(Cl)c2)cc1. The van der Waals surface area contributed by atoms with E-state index in [1.807, 2.05) is 48.5 Å². The zero-order valence-corrected chi connectivity index (χ0v) is 11.6. The standard InChI is InChI=1S/C16H17ClO2/c1-19-15-8-6-13(7-9-15)16(18)10-5-12-3-2-4-14(17)11-12/h2-4,6-9,11,16,18H,5,10H2,1H3. The third-order valence-corrected chi connectivity index (χ3v) is 3.33. The smallest absolute Gasteiger partial charge is 0.118 e. The lowest BCUT2D eigenvalue weighted by Crippen LogP contribution is -1.99. The maximum atomic E-state index is 10.1. The lowest BCUT2D eigenvalue weighted by Gasteiger charge is -2.11. The van der Waals surface area contributed by atoms with Gasteiger partial charge in [-0.25, -0.2) is 0 Å². The molecular formula is C16H17ClO2. The molecule has 100 valence electrons. The number of aliphatic hydroxyl groups is 1. The Morgan fingerprint density at radius 1 is 1.16 bits per heavy atom. The molecule has 3 heteroatoms. The number of aryl methyl sites for hydroxylation is 1. The van der Waals surface area contributed by atoms with E-state index in [0.29, 0.717) is 6.42 Å². The van der Waals surface area contributed by atoms with E-state index in [0.717, 1.165) is 28.3 Å². The number of aliphatic hydroxyl groups excluding tert-OH is 1. The summed E-state index contributed by atoms with van der Waals surface area (Å²) in [5.41, 5.74) is 2.04. The molecule has 2 nitrogen and oxygen atoms in total. The van der Waals surface area contributed by atoms with Crippen molar-refractivity contribution in [2.75, 3.05) is 7.11 Å². The molecule has 0 radical (unpaired) electrons. The van der Waals surface area contributed by atoms with Crippen LogP contribution in [0, 0.1) is 0 Å². The van der Waals surface area contributed by atoms with Crippen molar-refractivity contribution in [3.8, 4) is 5.75 Å². The van der Waals surface area contributed by atoms with Gasteiger partial charge in [-0.1, -0.05) is 35.9 Å². The maximum absolute atomic E-state index is 10.1. The van der Waals surface area contributed by atoms with Crippen molar-refractivity contribution < 1.29 is 9.84 Å². The van der Waals surface area contributed by atoms with Crippen LogP contribution in [0.1, 0.15) is 23.7 Å². The van der Waals surface area contributed by atoms with Gasteiger partial charge < -0.3 is 9.84 Å². The van der Waals surface area contributed by atoms with E-state index in [1.54, 1.807) is 7.11 Å². The Hall–Kier alpha value is -1.51. The van der Waals surface area contributed by atoms with Gasteiger partial charge in [0.1, 0.15) is 5.75 Å². The second-order valence-corrected chi connectivity index (χ2v) is 4.89. The molecule has 2 rings (SSSR count). The Morgan fingerprint density at radius 3 is 2.53 bits per heavy atom. The average Bonchev–Trinajstić information content (AvgIpc) is 2.45. The minimum Gasteiger partial charge on any atom is -0.497 e. The fourth-order valence-electron chi connectivity index (χ4n) is 1.99. The first kappa shape index (κ1) is 13.9. The molecular weight excluding hydrogens is 260 g/mol. The third-order valence-electron chi connectivity index (χ3n) is 3.10. The van der Waals surface area contributed by atoms with Crippen molar-refractivity contribution in [2.24, 2.45) is 0 Å². The summed E-state index contributed by atoms with van der Waals surface area (Å²) in [5, 5.41) is 10.9. The molecule has 0 saturated carbocycles. The lowest BCUT2D eigenvalue weighted by atomic mass is 10.0. The minimum atomic E-state index is -0.468. The highest BCUT2D eigenvalue weighted by Crippen LogP contribution is 2.22. The fourth-order valence-corrected chi connectivity index (χ4v) is 2.20. The molecule has 1 atom stereocenters. The number of ether oxygens (including phenoxy) is 1. The molecule has 0 aliphatic heterocycles. The Morgan fingerprint density at radius 2 is 1.89 bits per heavy atom. The second-order valence-electron chi connectivity index (χ2n) is 4.46. The highest BCUT2D eigenvalue weighted by atomic mass is 35.5. The fraction of sp³-hybridized carbons (Fsp3) is 0.250. The summed E-state index contributed by atoms with van der Waals surface area (Å²) in [6.45, 7) is 0. The summed E-state index contributed by atoms with van der Waals surface area (Å²) in [7, 11) is 1.63. The molecule has 0 aromatic heterocycles. The molecule has 0 saturated heterocycles. The zero-order valence-electron chi connectivity index (χ0n) is 10.8. The van der Waals surface area contributed by atoms with Crippen LogP contribution < -0.4 is 4.74 Å². The van der Waals surface area contributed by atoms with Crippen molar-refractivity contribution in [2.45, 2.75) is 18.9 Å². The highest BCUT2D eigenvalue weighted by molar-refractivity contribution is 6.30. The number of halogens is 1. The van der Waals surface area contributed by atoms with Crippen LogP contribution in [0.4, 0.5) is 0 Å². The van der Waals surface area contributed by atoms with Gasteiger partial charge in [-0.3, -0.25) is 0 Å². The van der Waals surface area contributed by atoms with Gasteiger partial charge in [0.25, 0.3) is 0 Å². The lowest BCUT2D eigenvalue weighted by molar-refractivity contribution is 0.168. The van der Waals surface area contributed by atoms with Crippen molar-refractivity contribution in [1.82, 2.24) is 0 Å². The summed E-state index contributed by atoms with van der Waals surface area (Å²) in [6.07, 6.45) is 1.00. The minimum absolute atomic E-state index is 0.468. The third kappa shape index (κ3) is 3.98. The van der Waals surface area contributed by atoms with Gasteiger partial charge in [-0.05, 0) is 48.2 Å². The Labute approximate surface area is 118 Å². The molecule has 0 spiro atoms. The molecule has 0 bridgehead atoms. The molecule has 2 aromatic rings. The summed E-state index contributed by atoms with van der Waals surface area (Å²) >= 11 is 5.93. The second kappa shape index (κ2) is 6.60.